The van der Waals surface area contributed by atoms with Gasteiger partial charge in [0, 0.05) is 11.8 Å². The summed E-state index contributed by atoms with van der Waals surface area (Å²) in [5.41, 5.74) is 3.10. The molecule has 10 heteroatoms. The molecule has 0 aliphatic rings. The molecule has 0 saturated carbocycles. The van der Waals surface area contributed by atoms with E-state index in [-0.39, 0.29) is 10.8 Å². The molecule has 1 heterocycles. The smallest absolute Gasteiger partial charge is 0.261 e. The van der Waals surface area contributed by atoms with Gasteiger partial charge in [0.25, 0.3) is 10.0 Å². The zero-order valence-electron chi connectivity index (χ0n) is 17.1. The van der Waals surface area contributed by atoms with Crippen LogP contribution in [0.5, 0.6) is 0 Å². The molecule has 0 aliphatic heterocycles. The predicted octanol–water partition coefficient (Wildman–Crippen LogP) is 5.32. The Morgan fingerprint density at radius 3 is 2.24 bits per heavy atom. The van der Waals surface area contributed by atoms with E-state index in [9.17, 15) is 13.2 Å². The molecule has 0 atom stereocenters. The van der Waals surface area contributed by atoms with Gasteiger partial charge in [-0.3, -0.25) is 19.9 Å². The molecule has 3 N–H and O–H groups in total. The molecule has 0 radical (unpaired) electrons. The third-order valence-electron chi connectivity index (χ3n) is 4.53. The number of hydrogen-bond acceptors (Lipinski definition) is 6. The van der Waals surface area contributed by atoms with Gasteiger partial charge in [-0.15, -0.1) is 5.10 Å². The number of amides is 1. The van der Waals surface area contributed by atoms with Crippen LogP contribution in [0.4, 0.5) is 10.8 Å². The summed E-state index contributed by atoms with van der Waals surface area (Å²) in [6.07, 6.45) is 2.97. The van der Waals surface area contributed by atoms with E-state index < -0.39 is 10.0 Å². The molecule has 0 unspecified atom stereocenters. The zero-order valence-corrected chi connectivity index (χ0v) is 19.5. The van der Waals surface area contributed by atoms with Crippen LogP contribution in [0.3, 0.4) is 0 Å². The van der Waals surface area contributed by atoms with Gasteiger partial charge in [-0.1, -0.05) is 65.9 Å². The van der Waals surface area contributed by atoms with Gasteiger partial charge in [-0.25, -0.2) is 8.42 Å². The molecule has 7 nitrogen and oxygen atoms in total. The first kappa shape index (κ1) is 22.6. The van der Waals surface area contributed by atoms with E-state index >= 15 is 0 Å². The molecule has 3 aromatic carbocycles. The zero-order chi connectivity index (χ0) is 23.3. The fourth-order valence-corrected chi connectivity index (χ4v) is 4.79. The van der Waals surface area contributed by atoms with E-state index in [0.717, 1.165) is 28.0 Å². The van der Waals surface area contributed by atoms with Gasteiger partial charge in [-0.2, -0.15) is 0 Å². The van der Waals surface area contributed by atoms with Crippen molar-refractivity contribution in [2.24, 2.45) is 0 Å². The Bertz CT molecular complexity index is 1440. The average molecular weight is 495 g/mol. The molecule has 33 heavy (non-hydrogen) atoms. The molecule has 1 amide bonds. The van der Waals surface area contributed by atoms with Crippen molar-refractivity contribution in [2.45, 2.75) is 4.90 Å². The minimum atomic E-state index is -3.73. The number of H-pyrrole nitrogens is 1. The van der Waals surface area contributed by atoms with Crippen molar-refractivity contribution < 1.29 is 13.2 Å². The minimum absolute atomic E-state index is 0.171. The van der Waals surface area contributed by atoms with E-state index in [1.165, 1.54) is 6.08 Å². The molecular formula is C23H18N4O3S3. The van der Waals surface area contributed by atoms with Gasteiger partial charge in [0.15, 0.2) is 3.95 Å². The summed E-state index contributed by atoms with van der Waals surface area (Å²) in [6, 6.07) is 23.1. The lowest BCUT2D eigenvalue weighted by Crippen LogP contribution is -2.12. The number of nitrogens with zero attached hydrogens (tertiary/aromatic N) is 1. The maximum atomic E-state index is 12.7. The lowest BCUT2D eigenvalue weighted by molar-refractivity contribution is -0.111. The topological polar surface area (TPSA) is 104 Å². The minimum Gasteiger partial charge on any atom is -0.297 e. The maximum Gasteiger partial charge on any atom is 0.261 e. The molecule has 0 saturated heterocycles. The average Bonchev–Trinajstić information content (AvgIpc) is 3.23. The number of carbonyl (C=O) groups is 1. The fourth-order valence-electron chi connectivity index (χ4n) is 2.94. The SMILES string of the molecule is O=C(C=Cc1ccc(NS(=O)(=O)c2ccc(-c3ccccc3)cc2)cc1)Nc1n[nH]c(=S)s1. The van der Waals surface area contributed by atoms with Crippen LogP contribution in [-0.2, 0) is 14.8 Å². The molecule has 0 fully saturated rings. The monoisotopic (exact) mass is 494 g/mol. The standard InChI is InChI=1S/C23H18N4O3S3/c28-21(24-22-25-26-23(31)32-22)15-8-16-6-11-19(12-7-16)27-33(29,30)20-13-9-18(10-14-20)17-4-2-1-3-5-17/h1-15,27H,(H,26,31)(H,24,25,28). The highest BCUT2D eigenvalue weighted by Crippen LogP contribution is 2.23. The highest BCUT2D eigenvalue weighted by Gasteiger charge is 2.14. The van der Waals surface area contributed by atoms with E-state index in [1.807, 2.05) is 30.3 Å². The van der Waals surface area contributed by atoms with Crippen molar-refractivity contribution in [2.75, 3.05) is 10.0 Å². The van der Waals surface area contributed by atoms with E-state index in [4.69, 9.17) is 12.2 Å². The molecule has 4 rings (SSSR count). The Morgan fingerprint density at radius 2 is 1.61 bits per heavy atom. The van der Waals surface area contributed by atoms with Crippen molar-refractivity contribution in [3.05, 3.63) is 94.5 Å². The number of sulfonamides is 1. The molecule has 0 spiro atoms. The predicted molar refractivity (Wildman–Crippen MR) is 134 cm³/mol. The molecule has 0 bridgehead atoms. The molecule has 4 aromatic rings. The Morgan fingerprint density at radius 1 is 0.939 bits per heavy atom. The summed E-state index contributed by atoms with van der Waals surface area (Å²) in [5, 5.41) is 9.43. The van der Waals surface area contributed by atoms with E-state index in [2.05, 4.69) is 20.2 Å². The number of benzene rings is 3. The number of aromatic amines is 1. The summed E-state index contributed by atoms with van der Waals surface area (Å²) in [4.78, 5) is 12.1. The van der Waals surface area contributed by atoms with Crippen molar-refractivity contribution >= 4 is 56.4 Å². The number of rotatable bonds is 7. The number of carbonyl (C=O) groups excluding carboxylic acids is 1. The Kier molecular flexibility index (Phi) is 6.78. The van der Waals surface area contributed by atoms with Crippen LogP contribution in [0, 0.1) is 3.95 Å². The summed E-state index contributed by atoms with van der Waals surface area (Å²) >= 11 is 6.08. The number of aromatic nitrogens is 2. The number of hydrogen-bond donors (Lipinski definition) is 3. The summed E-state index contributed by atoms with van der Waals surface area (Å²) in [6.45, 7) is 0. The Labute approximate surface area is 199 Å². The van der Waals surface area contributed by atoms with Gasteiger partial charge < -0.3 is 0 Å². The lowest BCUT2D eigenvalue weighted by atomic mass is 10.1. The molecule has 166 valence electrons. The summed E-state index contributed by atoms with van der Waals surface area (Å²) in [7, 11) is -3.73. The van der Waals surface area contributed by atoms with Gasteiger partial charge in [0.1, 0.15) is 0 Å². The molecule has 1 aromatic heterocycles. The normalized spacial score (nSPS) is 11.4. The molecule has 0 aliphatic carbocycles. The molecular weight excluding hydrogens is 476 g/mol. The van der Waals surface area contributed by atoms with Crippen molar-refractivity contribution in [1.29, 1.82) is 0 Å². The van der Waals surface area contributed by atoms with Crippen LogP contribution < -0.4 is 10.0 Å². The van der Waals surface area contributed by atoms with Crippen molar-refractivity contribution in [3.8, 4) is 11.1 Å². The maximum absolute atomic E-state index is 12.7. The van der Waals surface area contributed by atoms with Gasteiger partial charge in [-0.05, 0) is 59.2 Å². The van der Waals surface area contributed by atoms with Gasteiger partial charge in [0.05, 0.1) is 4.90 Å². The largest absolute Gasteiger partial charge is 0.297 e. The van der Waals surface area contributed by atoms with Crippen molar-refractivity contribution in [3.63, 3.8) is 0 Å². The first-order chi connectivity index (χ1) is 15.9. The van der Waals surface area contributed by atoms with Crippen LogP contribution in [0.25, 0.3) is 17.2 Å². The quantitative estimate of drug-likeness (QED) is 0.238. The third-order valence-corrected chi connectivity index (χ3v) is 6.93. The van der Waals surface area contributed by atoms with E-state index in [0.29, 0.717) is 14.8 Å². The van der Waals surface area contributed by atoms with E-state index in [1.54, 1.807) is 54.6 Å². The number of anilines is 2. The summed E-state index contributed by atoms with van der Waals surface area (Å²) in [5.74, 6) is -0.350. The third kappa shape index (κ3) is 6.01. The van der Waals surface area contributed by atoms with Crippen LogP contribution in [0.1, 0.15) is 5.56 Å². The fraction of sp³-hybridized carbons (Fsp3) is 0. The number of nitrogens with one attached hydrogen (secondary N) is 3. The summed E-state index contributed by atoms with van der Waals surface area (Å²) < 4.78 is 28.5. The Balaban J connectivity index is 1.39. The van der Waals surface area contributed by atoms with Gasteiger partial charge >= 0.3 is 0 Å². The van der Waals surface area contributed by atoms with Crippen LogP contribution in [0.15, 0.2) is 89.8 Å². The lowest BCUT2D eigenvalue weighted by Gasteiger charge is -2.09. The van der Waals surface area contributed by atoms with Crippen LogP contribution in [-0.4, -0.2) is 24.5 Å². The Hall–Kier alpha value is -3.60. The second kappa shape index (κ2) is 9.90. The van der Waals surface area contributed by atoms with Crippen molar-refractivity contribution in [1.82, 2.24) is 10.2 Å². The second-order valence-corrected chi connectivity index (χ2v) is 10.2. The van der Waals surface area contributed by atoms with Crippen LogP contribution >= 0.6 is 23.6 Å². The first-order valence-electron chi connectivity index (χ1n) is 9.72. The van der Waals surface area contributed by atoms with Gasteiger partial charge in [0.2, 0.25) is 11.0 Å². The first-order valence-corrected chi connectivity index (χ1v) is 12.4. The second-order valence-electron chi connectivity index (χ2n) is 6.86. The highest BCUT2D eigenvalue weighted by atomic mass is 32.2. The van der Waals surface area contributed by atoms with Crippen LogP contribution in [0.2, 0.25) is 0 Å². The highest BCUT2D eigenvalue weighted by molar-refractivity contribution is 7.92.